The molecule has 1 heterocycles. The van der Waals surface area contributed by atoms with Crippen LogP contribution in [0, 0.1) is 0 Å². The van der Waals surface area contributed by atoms with E-state index >= 15 is 0 Å². The quantitative estimate of drug-likeness (QED) is 0.788. The van der Waals surface area contributed by atoms with E-state index in [1.165, 1.54) is 0 Å². The van der Waals surface area contributed by atoms with E-state index in [4.69, 9.17) is 18.0 Å². The molecule has 0 aliphatic rings. The van der Waals surface area contributed by atoms with Crippen LogP contribution >= 0.6 is 12.2 Å². The smallest absolute Gasteiger partial charge is 0.183 e. The van der Waals surface area contributed by atoms with Gasteiger partial charge in [0.25, 0.3) is 0 Å². The van der Waals surface area contributed by atoms with Crippen LogP contribution in [0.15, 0.2) is 42.5 Å². The minimum Gasteiger partial charge on any atom is -0.550 e. The number of nitrogens with one attached hydrogen (secondary N) is 1. The van der Waals surface area contributed by atoms with Crippen molar-refractivity contribution in [2.45, 2.75) is 12.8 Å². The van der Waals surface area contributed by atoms with Crippen LogP contribution in [0.4, 0.5) is 0 Å². The number of carbonyl (C=O) groups is 1. The Kier molecular flexibility index (Phi) is 4.37. The van der Waals surface area contributed by atoms with Crippen LogP contribution in [0.3, 0.4) is 0 Å². The van der Waals surface area contributed by atoms with Gasteiger partial charge in [-0.2, -0.15) is 0 Å². The molecular formula is C14H14N3O2S-. The van der Waals surface area contributed by atoms with Crippen molar-refractivity contribution in [1.82, 2.24) is 4.68 Å². The van der Waals surface area contributed by atoms with Crippen molar-refractivity contribution in [3.63, 3.8) is 0 Å². The van der Waals surface area contributed by atoms with Crippen LogP contribution in [0.5, 0.6) is 0 Å². The zero-order valence-electron chi connectivity index (χ0n) is 10.7. The molecule has 3 N–H and O–H groups in total. The summed E-state index contributed by atoms with van der Waals surface area (Å²) in [4.78, 5) is 10.6. The molecule has 0 fully saturated rings. The molecule has 0 aliphatic heterocycles. The fourth-order valence-electron chi connectivity index (χ4n) is 1.98. The Morgan fingerprint density at radius 3 is 2.55 bits per heavy atom. The molecule has 0 spiro atoms. The van der Waals surface area contributed by atoms with E-state index < -0.39 is 5.97 Å². The number of nitrogens with two attached hydrogens (primary N) is 1. The minimum absolute atomic E-state index is 0.0583. The van der Waals surface area contributed by atoms with Crippen LogP contribution in [0.2, 0.25) is 0 Å². The minimum atomic E-state index is -1.09. The van der Waals surface area contributed by atoms with Crippen LogP contribution in [0.1, 0.15) is 12.1 Å². The number of aliphatic carboxylic acids is 1. The van der Waals surface area contributed by atoms with Gasteiger partial charge in [-0.15, -0.1) is 0 Å². The number of aryl methyl sites for hydroxylation is 1. The van der Waals surface area contributed by atoms with Crippen LogP contribution in [-0.4, -0.2) is 15.8 Å². The first kappa shape index (κ1) is 14.1. The van der Waals surface area contributed by atoms with Crippen molar-refractivity contribution in [2.24, 2.45) is 5.73 Å². The van der Waals surface area contributed by atoms with Gasteiger partial charge in [-0.3, -0.25) is 10.1 Å². The first-order valence-corrected chi connectivity index (χ1v) is 6.51. The number of thiocarbonyl (C=S) groups is 1. The molecular weight excluding hydrogens is 274 g/mol. The number of aromatic nitrogens is 1. The van der Waals surface area contributed by atoms with E-state index in [9.17, 15) is 9.90 Å². The number of carboxylic acids is 1. The number of hydrogen-bond donors (Lipinski definition) is 2. The Balaban J connectivity index is 2.37. The lowest BCUT2D eigenvalue weighted by molar-refractivity contribution is -0.305. The maximum Gasteiger partial charge on any atom is 0.183 e. The van der Waals surface area contributed by atoms with E-state index in [0.29, 0.717) is 6.42 Å². The Morgan fingerprint density at radius 1 is 1.25 bits per heavy atom. The first-order valence-electron chi connectivity index (χ1n) is 6.10. The lowest BCUT2D eigenvalue weighted by Gasteiger charge is -2.15. The molecule has 0 unspecified atom stereocenters. The van der Waals surface area contributed by atoms with Gasteiger partial charge in [0, 0.05) is 17.2 Å². The largest absolute Gasteiger partial charge is 0.550 e. The zero-order valence-corrected chi connectivity index (χ0v) is 11.5. The number of nitrogens with zero attached hydrogens (tertiary/aromatic N) is 1. The third-order valence-electron chi connectivity index (χ3n) is 2.84. The van der Waals surface area contributed by atoms with Crippen molar-refractivity contribution in [3.05, 3.63) is 48.2 Å². The SMILES string of the molecule is NC(=S)Nn1c(CCC(=O)[O-])ccc1-c1ccccc1. The molecule has 5 nitrogen and oxygen atoms in total. The third kappa shape index (κ3) is 3.36. The zero-order chi connectivity index (χ0) is 14.5. The molecule has 0 saturated carbocycles. The van der Waals surface area contributed by atoms with E-state index in [2.05, 4.69) is 5.43 Å². The van der Waals surface area contributed by atoms with Gasteiger partial charge in [0.1, 0.15) is 0 Å². The summed E-state index contributed by atoms with van der Waals surface area (Å²) in [7, 11) is 0. The van der Waals surface area contributed by atoms with E-state index in [-0.39, 0.29) is 11.5 Å². The molecule has 6 heteroatoms. The molecule has 0 aliphatic carbocycles. The standard InChI is InChI=1S/C14H15N3O2S/c15-14(20)16-17-11(7-9-13(18)19)6-8-12(17)10-4-2-1-3-5-10/h1-6,8H,7,9H2,(H,18,19)(H3,15,16,20)/p-1. The van der Waals surface area contributed by atoms with Crippen LogP contribution < -0.4 is 16.3 Å². The maximum absolute atomic E-state index is 10.6. The van der Waals surface area contributed by atoms with Gasteiger partial charge in [-0.05, 0) is 37.2 Å². The average Bonchev–Trinajstić information content (AvgIpc) is 2.79. The molecule has 0 amide bonds. The van der Waals surface area contributed by atoms with Crippen molar-refractivity contribution in [3.8, 4) is 11.3 Å². The molecule has 104 valence electrons. The molecule has 2 rings (SSSR count). The summed E-state index contributed by atoms with van der Waals surface area (Å²) in [6.07, 6.45) is 0.280. The monoisotopic (exact) mass is 288 g/mol. The van der Waals surface area contributed by atoms with Crippen LogP contribution in [-0.2, 0) is 11.2 Å². The van der Waals surface area contributed by atoms with Crippen molar-refractivity contribution < 1.29 is 9.90 Å². The number of carboxylic acid groups (broad SMARTS) is 1. The number of hydrogen-bond acceptors (Lipinski definition) is 3. The normalized spacial score (nSPS) is 10.2. The molecule has 0 bridgehead atoms. The Morgan fingerprint density at radius 2 is 1.95 bits per heavy atom. The second-order valence-corrected chi connectivity index (χ2v) is 4.70. The second-order valence-electron chi connectivity index (χ2n) is 4.26. The second kappa shape index (κ2) is 6.21. The fourth-order valence-corrected chi connectivity index (χ4v) is 2.07. The highest BCUT2D eigenvalue weighted by Crippen LogP contribution is 2.22. The summed E-state index contributed by atoms with van der Waals surface area (Å²) in [5, 5.41) is 10.7. The third-order valence-corrected chi connectivity index (χ3v) is 2.93. The molecule has 20 heavy (non-hydrogen) atoms. The Bertz CT molecular complexity index is 623. The lowest BCUT2D eigenvalue weighted by Crippen LogP contribution is -2.30. The van der Waals surface area contributed by atoms with E-state index in [1.807, 2.05) is 42.5 Å². The summed E-state index contributed by atoms with van der Waals surface area (Å²) < 4.78 is 1.71. The van der Waals surface area contributed by atoms with Crippen molar-refractivity contribution in [1.29, 1.82) is 0 Å². The summed E-state index contributed by atoms with van der Waals surface area (Å²) in [6, 6.07) is 13.4. The van der Waals surface area contributed by atoms with Gasteiger partial charge in [0.05, 0.1) is 5.69 Å². The molecule has 0 saturated heterocycles. The number of rotatable bonds is 5. The van der Waals surface area contributed by atoms with Crippen LogP contribution in [0.25, 0.3) is 11.3 Å². The molecule has 0 radical (unpaired) electrons. The molecule has 0 atom stereocenters. The summed E-state index contributed by atoms with van der Waals surface area (Å²) in [6.45, 7) is 0. The topological polar surface area (TPSA) is 83.1 Å². The van der Waals surface area contributed by atoms with Crippen molar-refractivity contribution in [2.75, 3.05) is 5.43 Å². The fraction of sp³-hybridized carbons (Fsp3) is 0.143. The highest BCUT2D eigenvalue weighted by Gasteiger charge is 2.10. The highest BCUT2D eigenvalue weighted by atomic mass is 32.1. The lowest BCUT2D eigenvalue weighted by atomic mass is 10.2. The maximum atomic E-state index is 10.6. The highest BCUT2D eigenvalue weighted by molar-refractivity contribution is 7.80. The molecule has 1 aromatic heterocycles. The number of carbonyl (C=O) groups excluding carboxylic acids is 1. The average molecular weight is 288 g/mol. The van der Waals surface area contributed by atoms with E-state index in [1.54, 1.807) is 4.68 Å². The van der Waals surface area contributed by atoms with Gasteiger partial charge in [-0.25, -0.2) is 0 Å². The van der Waals surface area contributed by atoms with Crippen molar-refractivity contribution >= 4 is 23.3 Å². The molecule has 1 aromatic carbocycles. The van der Waals surface area contributed by atoms with Gasteiger partial charge in [0.2, 0.25) is 0 Å². The Labute approximate surface area is 122 Å². The number of benzene rings is 1. The summed E-state index contributed by atoms with van der Waals surface area (Å²) in [5.74, 6) is -1.09. The predicted molar refractivity (Wildman–Crippen MR) is 79.3 cm³/mol. The van der Waals surface area contributed by atoms with Gasteiger partial charge < -0.3 is 15.6 Å². The summed E-state index contributed by atoms with van der Waals surface area (Å²) >= 11 is 4.87. The summed E-state index contributed by atoms with van der Waals surface area (Å²) in [5.41, 5.74) is 11.0. The molecule has 2 aromatic rings. The van der Waals surface area contributed by atoms with Gasteiger partial charge in [-0.1, -0.05) is 30.3 Å². The Hall–Kier alpha value is -2.34. The van der Waals surface area contributed by atoms with Gasteiger partial charge in [0.15, 0.2) is 5.11 Å². The predicted octanol–water partition coefficient (Wildman–Crippen LogP) is 0.625. The van der Waals surface area contributed by atoms with E-state index in [0.717, 1.165) is 17.0 Å². The van der Waals surface area contributed by atoms with Gasteiger partial charge >= 0.3 is 0 Å². The first-order chi connectivity index (χ1) is 9.58.